The lowest BCUT2D eigenvalue weighted by molar-refractivity contribution is 0.0521. The van der Waals surface area contributed by atoms with Crippen LogP contribution in [0.5, 0.6) is 0 Å². The Morgan fingerprint density at radius 3 is 2.69 bits per heavy atom. The van der Waals surface area contributed by atoms with Gasteiger partial charge in [-0.2, -0.15) is 12.7 Å². The molecule has 0 saturated carbocycles. The van der Waals surface area contributed by atoms with Crippen LogP contribution in [0.15, 0.2) is 0 Å². The Bertz CT molecular complexity index is 265. The van der Waals surface area contributed by atoms with Gasteiger partial charge in [0.1, 0.15) is 0 Å². The number of hydrogen-bond donors (Lipinski definition) is 2. The molecule has 1 fully saturated rings. The van der Waals surface area contributed by atoms with Gasteiger partial charge < -0.3 is 5.11 Å². The smallest absolute Gasteiger partial charge is 0.276 e. The van der Waals surface area contributed by atoms with Gasteiger partial charge >= 0.3 is 0 Å². The summed E-state index contributed by atoms with van der Waals surface area (Å²) in [4.78, 5) is 0. The number of piperidine rings is 1. The van der Waals surface area contributed by atoms with Gasteiger partial charge in [-0.15, -0.1) is 0 Å². The summed E-state index contributed by atoms with van der Waals surface area (Å²) in [6.07, 6.45) is 0.866. The lowest BCUT2D eigenvalue weighted by Crippen LogP contribution is -2.48. The van der Waals surface area contributed by atoms with Crippen LogP contribution in [0.3, 0.4) is 0 Å². The van der Waals surface area contributed by atoms with Crippen molar-refractivity contribution in [3.8, 4) is 0 Å². The van der Waals surface area contributed by atoms with Gasteiger partial charge in [-0.25, -0.2) is 5.14 Å². The van der Waals surface area contributed by atoms with E-state index in [2.05, 4.69) is 0 Å². The molecule has 0 spiro atoms. The lowest BCUT2D eigenvalue weighted by Gasteiger charge is -2.33. The number of aliphatic hydroxyl groups is 1. The highest BCUT2D eigenvalue weighted by molar-refractivity contribution is 7.86. The van der Waals surface area contributed by atoms with E-state index >= 15 is 0 Å². The minimum absolute atomic E-state index is 0.0204. The molecule has 2 unspecified atom stereocenters. The molecule has 1 aliphatic heterocycles. The molecule has 13 heavy (non-hydrogen) atoms. The van der Waals surface area contributed by atoms with Crippen LogP contribution in [0.1, 0.15) is 19.8 Å². The molecule has 1 rings (SSSR count). The summed E-state index contributed by atoms with van der Waals surface area (Å²) in [7, 11) is -3.57. The second-order valence-electron chi connectivity index (χ2n) is 3.43. The first-order chi connectivity index (χ1) is 5.95. The van der Waals surface area contributed by atoms with Crippen LogP contribution in [0.2, 0.25) is 0 Å². The van der Waals surface area contributed by atoms with Crippen molar-refractivity contribution in [2.45, 2.75) is 25.9 Å². The fourth-order valence-electron chi connectivity index (χ4n) is 1.62. The molecule has 0 aromatic heterocycles. The van der Waals surface area contributed by atoms with E-state index in [1.54, 1.807) is 0 Å². The molecular weight excluding hydrogens is 192 g/mol. The molecular formula is C7H16N2O3S. The number of hydrogen-bond acceptors (Lipinski definition) is 3. The highest BCUT2D eigenvalue weighted by atomic mass is 32.2. The van der Waals surface area contributed by atoms with Crippen molar-refractivity contribution in [2.75, 3.05) is 13.1 Å². The molecule has 1 saturated heterocycles. The lowest BCUT2D eigenvalue weighted by atomic mass is 9.94. The molecule has 3 N–H and O–H groups in total. The van der Waals surface area contributed by atoms with E-state index in [0.717, 1.165) is 6.42 Å². The Balaban J connectivity index is 2.65. The average molecular weight is 208 g/mol. The fourth-order valence-corrected chi connectivity index (χ4v) is 2.38. The average Bonchev–Trinajstić information content (AvgIpc) is 2.03. The summed E-state index contributed by atoms with van der Waals surface area (Å²) in [5.74, 6) is 0.0204. The summed E-state index contributed by atoms with van der Waals surface area (Å²) in [5, 5.41) is 14.5. The third-order valence-corrected chi connectivity index (χ3v) is 3.59. The van der Waals surface area contributed by atoms with Gasteiger partial charge in [-0.05, 0) is 18.8 Å². The molecule has 0 radical (unpaired) electrons. The third kappa shape index (κ3) is 2.63. The normalized spacial score (nSPS) is 31.9. The Hall–Kier alpha value is -0.170. The van der Waals surface area contributed by atoms with Gasteiger partial charge in [0.15, 0.2) is 0 Å². The topological polar surface area (TPSA) is 83.6 Å². The molecule has 1 heterocycles. The maximum absolute atomic E-state index is 11.0. The zero-order chi connectivity index (χ0) is 10.1. The van der Waals surface area contributed by atoms with Crippen LogP contribution in [0, 0.1) is 5.92 Å². The molecule has 1 aliphatic rings. The molecule has 0 bridgehead atoms. The number of nitrogens with zero attached hydrogens (tertiary/aromatic N) is 1. The van der Waals surface area contributed by atoms with E-state index in [0.29, 0.717) is 19.5 Å². The van der Waals surface area contributed by atoms with Crippen molar-refractivity contribution < 1.29 is 13.5 Å². The molecule has 5 nitrogen and oxygen atoms in total. The van der Waals surface area contributed by atoms with E-state index in [4.69, 9.17) is 5.14 Å². The maximum Gasteiger partial charge on any atom is 0.276 e. The van der Waals surface area contributed by atoms with Crippen LogP contribution in [0.4, 0.5) is 0 Å². The Morgan fingerprint density at radius 2 is 2.23 bits per heavy atom. The minimum Gasteiger partial charge on any atom is -0.393 e. The van der Waals surface area contributed by atoms with Crippen LogP contribution < -0.4 is 5.14 Å². The molecule has 0 aliphatic carbocycles. The van der Waals surface area contributed by atoms with Crippen molar-refractivity contribution in [2.24, 2.45) is 11.1 Å². The minimum atomic E-state index is -3.57. The van der Waals surface area contributed by atoms with Gasteiger partial charge in [-0.3, -0.25) is 0 Å². The molecule has 6 heteroatoms. The van der Waals surface area contributed by atoms with E-state index in [1.165, 1.54) is 4.31 Å². The van der Waals surface area contributed by atoms with Gasteiger partial charge in [0, 0.05) is 13.1 Å². The molecule has 0 aromatic carbocycles. The summed E-state index contributed by atoms with van der Waals surface area (Å²) in [6, 6.07) is 0. The molecule has 0 amide bonds. The van der Waals surface area contributed by atoms with Gasteiger partial charge in [-0.1, -0.05) is 6.92 Å². The first kappa shape index (κ1) is 10.9. The Labute approximate surface area is 78.7 Å². The van der Waals surface area contributed by atoms with Crippen molar-refractivity contribution in [1.82, 2.24) is 4.31 Å². The van der Waals surface area contributed by atoms with Crippen LogP contribution in [-0.4, -0.2) is 37.0 Å². The standard InChI is InChI=1S/C7H16N2O3S/c1-2-6-5-9(13(8,11)12)4-3-7(6)10/h6-7,10H,2-5H2,1H3,(H2,8,11,12). The van der Waals surface area contributed by atoms with Crippen LogP contribution in [0.25, 0.3) is 0 Å². The summed E-state index contributed by atoms with van der Waals surface area (Å²) in [5.41, 5.74) is 0. The number of nitrogens with two attached hydrogens (primary N) is 1. The quantitative estimate of drug-likeness (QED) is 0.628. The van der Waals surface area contributed by atoms with Crippen molar-refractivity contribution in [1.29, 1.82) is 0 Å². The first-order valence-corrected chi connectivity index (χ1v) is 5.91. The van der Waals surface area contributed by atoms with Gasteiger partial charge in [0.25, 0.3) is 10.2 Å². The van der Waals surface area contributed by atoms with Gasteiger partial charge in [0.2, 0.25) is 0 Å². The summed E-state index contributed by atoms with van der Waals surface area (Å²) in [6.45, 7) is 2.60. The SMILES string of the molecule is CCC1CN(S(N)(=O)=O)CCC1O. The highest BCUT2D eigenvalue weighted by Crippen LogP contribution is 2.20. The summed E-state index contributed by atoms with van der Waals surface area (Å²) < 4.78 is 23.2. The maximum atomic E-state index is 11.0. The second kappa shape index (κ2) is 3.91. The summed E-state index contributed by atoms with van der Waals surface area (Å²) >= 11 is 0. The second-order valence-corrected chi connectivity index (χ2v) is 4.97. The van der Waals surface area contributed by atoms with E-state index in [1.807, 2.05) is 6.92 Å². The molecule has 0 aromatic rings. The Kier molecular flexibility index (Phi) is 3.28. The predicted octanol–water partition coefficient (Wildman–Crippen LogP) is -0.717. The van der Waals surface area contributed by atoms with E-state index < -0.39 is 10.2 Å². The fraction of sp³-hybridized carbons (Fsp3) is 1.00. The number of aliphatic hydroxyl groups excluding tert-OH is 1. The van der Waals surface area contributed by atoms with Crippen LogP contribution in [-0.2, 0) is 10.2 Å². The first-order valence-electron chi connectivity index (χ1n) is 4.41. The number of rotatable bonds is 2. The van der Waals surface area contributed by atoms with Gasteiger partial charge in [0.05, 0.1) is 6.10 Å². The van der Waals surface area contributed by atoms with Crippen molar-refractivity contribution in [3.05, 3.63) is 0 Å². The van der Waals surface area contributed by atoms with Crippen LogP contribution >= 0.6 is 0 Å². The van der Waals surface area contributed by atoms with E-state index in [-0.39, 0.29) is 12.0 Å². The zero-order valence-corrected chi connectivity index (χ0v) is 8.50. The monoisotopic (exact) mass is 208 g/mol. The molecule has 2 atom stereocenters. The molecule has 78 valence electrons. The van der Waals surface area contributed by atoms with E-state index in [9.17, 15) is 13.5 Å². The highest BCUT2D eigenvalue weighted by Gasteiger charge is 2.30. The van der Waals surface area contributed by atoms with Crippen molar-refractivity contribution in [3.63, 3.8) is 0 Å². The zero-order valence-electron chi connectivity index (χ0n) is 7.68. The largest absolute Gasteiger partial charge is 0.393 e. The van der Waals surface area contributed by atoms with Crippen molar-refractivity contribution >= 4 is 10.2 Å². The predicted molar refractivity (Wildman–Crippen MR) is 49.1 cm³/mol. The third-order valence-electron chi connectivity index (χ3n) is 2.54. The Morgan fingerprint density at radius 1 is 1.62 bits per heavy atom.